The first-order chi connectivity index (χ1) is 11.7. The summed E-state index contributed by atoms with van der Waals surface area (Å²) >= 11 is 0. The first kappa shape index (κ1) is 18.3. The van der Waals surface area contributed by atoms with E-state index in [9.17, 15) is 20.0 Å². The van der Waals surface area contributed by atoms with E-state index in [2.05, 4.69) is 5.32 Å². The number of nitrogens with one attached hydrogen (secondary N) is 1. The van der Waals surface area contributed by atoms with E-state index < -0.39 is 10.8 Å². The number of ether oxygens (including phenoxy) is 1. The van der Waals surface area contributed by atoms with Crippen molar-refractivity contribution in [3.8, 4) is 11.5 Å². The monoisotopic (exact) mass is 344 g/mol. The number of phenols is 1. The van der Waals surface area contributed by atoms with Gasteiger partial charge in [0.05, 0.1) is 16.7 Å². The SMILES string of the molecule is CC(C)(C)c1ccc(O)c(NC(=O)COc2cccc([N+](=O)[O-])c2)c1. The number of carbonyl (C=O) groups is 1. The molecule has 2 aromatic carbocycles. The van der Waals surface area contributed by atoms with Crippen LogP contribution in [0.2, 0.25) is 0 Å². The average Bonchev–Trinajstić information content (AvgIpc) is 2.54. The summed E-state index contributed by atoms with van der Waals surface area (Å²) in [6.45, 7) is 5.74. The van der Waals surface area contributed by atoms with E-state index in [1.54, 1.807) is 12.1 Å². The van der Waals surface area contributed by atoms with E-state index in [4.69, 9.17) is 4.74 Å². The summed E-state index contributed by atoms with van der Waals surface area (Å²) in [5, 5.41) is 23.2. The van der Waals surface area contributed by atoms with Crippen LogP contribution in [-0.2, 0) is 10.2 Å². The third kappa shape index (κ3) is 4.94. The summed E-state index contributed by atoms with van der Waals surface area (Å²) in [6.07, 6.45) is 0. The van der Waals surface area contributed by atoms with Gasteiger partial charge in [-0.15, -0.1) is 0 Å². The van der Waals surface area contributed by atoms with E-state index in [0.717, 1.165) is 5.56 Å². The first-order valence-corrected chi connectivity index (χ1v) is 7.67. The number of anilines is 1. The van der Waals surface area contributed by atoms with Crippen LogP contribution in [0.4, 0.5) is 11.4 Å². The Bertz CT molecular complexity index is 796. The van der Waals surface area contributed by atoms with Crippen molar-refractivity contribution in [2.24, 2.45) is 0 Å². The van der Waals surface area contributed by atoms with Crippen LogP contribution in [0, 0.1) is 10.1 Å². The minimum atomic E-state index is -0.539. The molecule has 0 saturated heterocycles. The molecular weight excluding hydrogens is 324 g/mol. The molecule has 132 valence electrons. The van der Waals surface area contributed by atoms with Crippen molar-refractivity contribution in [2.75, 3.05) is 11.9 Å². The number of aromatic hydroxyl groups is 1. The largest absolute Gasteiger partial charge is 0.506 e. The van der Waals surface area contributed by atoms with Gasteiger partial charge in [-0.2, -0.15) is 0 Å². The van der Waals surface area contributed by atoms with Gasteiger partial charge >= 0.3 is 0 Å². The molecule has 1 amide bonds. The number of rotatable bonds is 5. The number of hydrogen-bond acceptors (Lipinski definition) is 5. The van der Waals surface area contributed by atoms with E-state index in [1.807, 2.05) is 20.8 Å². The van der Waals surface area contributed by atoms with Crippen molar-refractivity contribution >= 4 is 17.3 Å². The van der Waals surface area contributed by atoms with Gasteiger partial charge in [0.15, 0.2) is 6.61 Å². The predicted molar refractivity (Wildman–Crippen MR) is 94.0 cm³/mol. The molecule has 0 aliphatic heterocycles. The van der Waals surface area contributed by atoms with Gasteiger partial charge in [-0.05, 0) is 29.2 Å². The highest BCUT2D eigenvalue weighted by molar-refractivity contribution is 5.93. The maximum Gasteiger partial charge on any atom is 0.273 e. The Labute approximate surface area is 145 Å². The maximum absolute atomic E-state index is 12.0. The van der Waals surface area contributed by atoms with E-state index in [0.29, 0.717) is 5.69 Å². The van der Waals surface area contributed by atoms with Crippen molar-refractivity contribution in [1.29, 1.82) is 0 Å². The molecule has 0 aliphatic carbocycles. The number of hydrogen-bond donors (Lipinski definition) is 2. The summed E-state index contributed by atoms with van der Waals surface area (Å²) in [4.78, 5) is 22.2. The fraction of sp³-hybridized carbons (Fsp3) is 0.278. The van der Waals surface area contributed by atoms with E-state index in [-0.39, 0.29) is 29.2 Å². The van der Waals surface area contributed by atoms with Gasteiger partial charge in [0, 0.05) is 6.07 Å². The quantitative estimate of drug-likeness (QED) is 0.490. The highest BCUT2D eigenvalue weighted by Crippen LogP contribution is 2.30. The molecule has 0 unspecified atom stereocenters. The number of nitro groups is 1. The molecule has 25 heavy (non-hydrogen) atoms. The highest BCUT2D eigenvalue weighted by Gasteiger charge is 2.16. The molecule has 2 rings (SSSR count). The van der Waals surface area contributed by atoms with Crippen molar-refractivity contribution < 1.29 is 19.6 Å². The maximum atomic E-state index is 12.0. The fourth-order valence-corrected chi connectivity index (χ4v) is 2.12. The number of nitro benzene ring substituents is 1. The Hall–Kier alpha value is -3.09. The normalized spacial score (nSPS) is 11.0. The molecule has 0 spiro atoms. The smallest absolute Gasteiger partial charge is 0.273 e. The van der Waals surface area contributed by atoms with Gasteiger partial charge in [-0.1, -0.05) is 32.9 Å². The van der Waals surface area contributed by atoms with Crippen LogP contribution in [0.3, 0.4) is 0 Å². The molecule has 0 heterocycles. The second-order valence-corrected chi connectivity index (χ2v) is 6.57. The van der Waals surface area contributed by atoms with Crippen molar-refractivity contribution in [3.05, 3.63) is 58.1 Å². The standard InChI is InChI=1S/C18H20N2O5/c1-18(2,3)12-7-8-16(21)15(9-12)19-17(22)11-25-14-6-4-5-13(10-14)20(23)24/h4-10,21H,11H2,1-3H3,(H,19,22). The Morgan fingerprint density at radius 3 is 2.60 bits per heavy atom. The lowest BCUT2D eigenvalue weighted by molar-refractivity contribution is -0.384. The first-order valence-electron chi connectivity index (χ1n) is 7.67. The summed E-state index contributed by atoms with van der Waals surface area (Å²) in [5.74, 6) is -0.304. The second-order valence-electron chi connectivity index (χ2n) is 6.57. The Kier molecular flexibility index (Phi) is 5.26. The van der Waals surface area contributed by atoms with E-state index >= 15 is 0 Å². The lowest BCUT2D eigenvalue weighted by Crippen LogP contribution is -2.21. The zero-order valence-corrected chi connectivity index (χ0v) is 14.3. The van der Waals surface area contributed by atoms with Gasteiger partial charge in [-0.25, -0.2) is 0 Å². The molecule has 0 bridgehead atoms. The number of amides is 1. The van der Waals surface area contributed by atoms with Crippen LogP contribution >= 0.6 is 0 Å². The van der Waals surface area contributed by atoms with Crippen LogP contribution in [0.5, 0.6) is 11.5 Å². The predicted octanol–water partition coefficient (Wildman–Crippen LogP) is 3.62. The Morgan fingerprint density at radius 2 is 1.96 bits per heavy atom. The van der Waals surface area contributed by atoms with Gasteiger partial charge < -0.3 is 15.2 Å². The zero-order valence-electron chi connectivity index (χ0n) is 14.3. The molecule has 7 heteroatoms. The molecule has 2 aromatic rings. The minimum absolute atomic E-state index is 0.0447. The fourth-order valence-electron chi connectivity index (χ4n) is 2.12. The molecule has 2 N–H and O–H groups in total. The van der Waals surface area contributed by atoms with Crippen LogP contribution in [0.15, 0.2) is 42.5 Å². The molecule has 0 aromatic heterocycles. The van der Waals surface area contributed by atoms with Gasteiger partial charge in [0.25, 0.3) is 11.6 Å². The third-order valence-electron chi connectivity index (χ3n) is 3.54. The van der Waals surface area contributed by atoms with E-state index in [1.165, 1.54) is 30.3 Å². The zero-order chi connectivity index (χ0) is 18.6. The van der Waals surface area contributed by atoms with Crippen molar-refractivity contribution in [1.82, 2.24) is 0 Å². The number of carbonyl (C=O) groups excluding carboxylic acids is 1. The van der Waals surface area contributed by atoms with Crippen LogP contribution in [0.1, 0.15) is 26.3 Å². The Morgan fingerprint density at radius 1 is 1.24 bits per heavy atom. The molecule has 0 saturated carbocycles. The summed E-state index contributed by atoms with van der Waals surface area (Å²) in [7, 11) is 0. The molecule has 0 atom stereocenters. The minimum Gasteiger partial charge on any atom is -0.506 e. The lowest BCUT2D eigenvalue weighted by atomic mass is 9.87. The van der Waals surface area contributed by atoms with Crippen LogP contribution in [-0.4, -0.2) is 22.5 Å². The summed E-state index contributed by atoms with van der Waals surface area (Å²) in [6, 6.07) is 10.6. The van der Waals surface area contributed by atoms with Crippen LogP contribution in [0.25, 0.3) is 0 Å². The third-order valence-corrected chi connectivity index (χ3v) is 3.54. The summed E-state index contributed by atoms with van der Waals surface area (Å²) in [5.41, 5.74) is 1.00. The number of nitrogens with zero attached hydrogens (tertiary/aromatic N) is 1. The van der Waals surface area contributed by atoms with Crippen molar-refractivity contribution in [2.45, 2.75) is 26.2 Å². The highest BCUT2D eigenvalue weighted by atomic mass is 16.6. The Balaban J connectivity index is 2.03. The second kappa shape index (κ2) is 7.21. The average molecular weight is 344 g/mol. The number of non-ortho nitro benzene ring substituents is 1. The summed E-state index contributed by atoms with van der Waals surface area (Å²) < 4.78 is 5.27. The lowest BCUT2D eigenvalue weighted by Gasteiger charge is -2.20. The number of phenolic OH excluding ortho intramolecular Hbond substituents is 1. The molecule has 0 aliphatic rings. The van der Waals surface area contributed by atoms with Gasteiger partial charge in [0.2, 0.25) is 0 Å². The molecular formula is C18H20N2O5. The number of benzene rings is 2. The van der Waals surface area contributed by atoms with Gasteiger partial charge in [-0.3, -0.25) is 14.9 Å². The molecule has 0 radical (unpaired) electrons. The topological polar surface area (TPSA) is 102 Å². The molecule has 0 fully saturated rings. The molecule has 7 nitrogen and oxygen atoms in total. The van der Waals surface area contributed by atoms with Crippen molar-refractivity contribution in [3.63, 3.8) is 0 Å². The van der Waals surface area contributed by atoms with Crippen LogP contribution < -0.4 is 10.1 Å². The van der Waals surface area contributed by atoms with Gasteiger partial charge in [0.1, 0.15) is 11.5 Å².